The first-order chi connectivity index (χ1) is 13.0. The van der Waals surface area contributed by atoms with Crippen LogP contribution in [-0.2, 0) is 27.5 Å². The summed E-state index contributed by atoms with van der Waals surface area (Å²) in [5.74, 6) is 0.0572. The van der Waals surface area contributed by atoms with Gasteiger partial charge in [-0.1, -0.05) is 12.1 Å². The minimum atomic E-state index is -4.54. The minimum absolute atomic E-state index is 0.0323. The molecule has 0 aromatic heterocycles. The Hall–Kier alpha value is -2.75. The van der Waals surface area contributed by atoms with Crippen LogP contribution in [0.15, 0.2) is 48.5 Å². The normalized spacial score (nSPS) is 11.8. The third-order valence-electron chi connectivity index (χ3n) is 3.82. The molecule has 0 bridgehead atoms. The van der Waals surface area contributed by atoms with Gasteiger partial charge in [0.15, 0.2) is 0 Å². The minimum Gasteiger partial charge on any atom is -0.497 e. The summed E-state index contributed by atoms with van der Waals surface area (Å²) in [5.41, 5.74) is -0.168. The number of amides is 1. The number of anilines is 1. The highest BCUT2D eigenvalue weighted by molar-refractivity contribution is 7.92. The van der Waals surface area contributed by atoms with E-state index in [4.69, 9.17) is 4.74 Å². The van der Waals surface area contributed by atoms with Gasteiger partial charge in [-0.3, -0.25) is 9.10 Å². The van der Waals surface area contributed by atoms with E-state index in [0.717, 1.165) is 40.4 Å². The maximum Gasteiger partial charge on any atom is 0.416 e. The van der Waals surface area contributed by atoms with E-state index < -0.39 is 34.2 Å². The number of hydrogen-bond acceptors (Lipinski definition) is 4. The fourth-order valence-corrected chi connectivity index (χ4v) is 3.20. The number of ether oxygens (including phenoxy) is 1. The summed E-state index contributed by atoms with van der Waals surface area (Å²) in [6.07, 6.45) is -3.66. The summed E-state index contributed by atoms with van der Waals surface area (Å²) in [4.78, 5) is 12.2. The Morgan fingerprint density at radius 2 is 1.64 bits per heavy atom. The molecule has 6 nitrogen and oxygen atoms in total. The van der Waals surface area contributed by atoms with Crippen LogP contribution in [0, 0.1) is 0 Å². The third-order valence-corrected chi connectivity index (χ3v) is 4.96. The molecule has 0 aliphatic carbocycles. The zero-order valence-electron chi connectivity index (χ0n) is 15.2. The van der Waals surface area contributed by atoms with Gasteiger partial charge in [-0.05, 0) is 42.0 Å². The maximum absolute atomic E-state index is 12.7. The van der Waals surface area contributed by atoms with Gasteiger partial charge in [0.1, 0.15) is 12.3 Å². The Balaban J connectivity index is 2.08. The van der Waals surface area contributed by atoms with Gasteiger partial charge < -0.3 is 10.1 Å². The average molecular weight is 416 g/mol. The van der Waals surface area contributed by atoms with Crippen molar-refractivity contribution >= 4 is 21.6 Å². The zero-order valence-corrected chi connectivity index (χ0v) is 16.0. The topological polar surface area (TPSA) is 75.7 Å². The molecule has 0 atom stereocenters. The molecule has 2 rings (SSSR count). The predicted molar refractivity (Wildman–Crippen MR) is 98.5 cm³/mol. The number of benzene rings is 2. The monoisotopic (exact) mass is 416 g/mol. The standard InChI is InChI=1S/C18H19F3N2O4S/c1-27-16-9-3-13(4-10-16)11-22-17(24)12-23(28(2,25)26)15-7-5-14(6-8-15)18(19,20)21/h3-10H,11-12H2,1-2H3,(H,22,24). The third kappa shape index (κ3) is 5.88. The van der Waals surface area contributed by atoms with E-state index in [2.05, 4.69) is 5.32 Å². The molecule has 0 aliphatic heterocycles. The van der Waals surface area contributed by atoms with Crippen molar-refractivity contribution in [3.63, 3.8) is 0 Å². The number of carbonyl (C=O) groups is 1. The Labute approximate surface area is 161 Å². The molecular formula is C18H19F3N2O4S. The molecular weight excluding hydrogens is 397 g/mol. The molecule has 2 aromatic carbocycles. The van der Waals surface area contributed by atoms with Crippen LogP contribution >= 0.6 is 0 Å². The second kappa shape index (κ2) is 8.51. The number of carbonyl (C=O) groups excluding carboxylic acids is 1. The van der Waals surface area contributed by atoms with Gasteiger partial charge in [0.05, 0.1) is 24.6 Å². The molecule has 28 heavy (non-hydrogen) atoms. The van der Waals surface area contributed by atoms with Crippen molar-refractivity contribution in [3.8, 4) is 5.75 Å². The summed E-state index contributed by atoms with van der Waals surface area (Å²) < 4.78 is 67.8. The molecule has 152 valence electrons. The molecule has 0 saturated heterocycles. The van der Waals surface area contributed by atoms with Crippen LogP contribution in [0.2, 0.25) is 0 Å². The van der Waals surface area contributed by atoms with E-state index in [0.29, 0.717) is 5.75 Å². The highest BCUT2D eigenvalue weighted by atomic mass is 32.2. The number of sulfonamides is 1. The number of nitrogens with zero attached hydrogens (tertiary/aromatic N) is 1. The number of rotatable bonds is 7. The van der Waals surface area contributed by atoms with Crippen LogP contribution in [0.5, 0.6) is 5.75 Å². The summed E-state index contributed by atoms with van der Waals surface area (Å²) >= 11 is 0. The van der Waals surface area contributed by atoms with Crippen molar-refractivity contribution < 1.29 is 31.1 Å². The maximum atomic E-state index is 12.7. The Morgan fingerprint density at radius 3 is 2.11 bits per heavy atom. The second-order valence-electron chi connectivity index (χ2n) is 5.94. The lowest BCUT2D eigenvalue weighted by Gasteiger charge is -2.22. The largest absolute Gasteiger partial charge is 0.497 e. The number of hydrogen-bond donors (Lipinski definition) is 1. The molecule has 2 aromatic rings. The fourth-order valence-electron chi connectivity index (χ4n) is 2.35. The van der Waals surface area contributed by atoms with Gasteiger partial charge in [-0.15, -0.1) is 0 Å². The van der Waals surface area contributed by atoms with E-state index in [1.54, 1.807) is 24.3 Å². The molecule has 0 unspecified atom stereocenters. The predicted octanol–water partition coefficient (Wildman–Crippen LogP) is 2.80. The lowest BCUT2D eigenvalue weighted by atomic mass is 10.2. The second-order valence-corrected chi connectivity index (χ2v) is 7.85. The molecule has 0 spiro atoms. The van der Waals surface area contributed by atoms with Crippen LogP contribution in [0.25, 0.3) is 0 Å². The zero-order chi connectivity index (χ0) is 20.9. The van der Waals surface area contributed by atoms with Crippen LogP contribution < -0.4 is 14.4 Å². The van der Waals surface area contributed by atoms with Crippen molar-refractivity contribution in [3.05, 3.63) is 59.7 Å². The summed E-state index contributed by atoms with van der Waals surface area (Å²) in [6.45, 7) is -0.395. The SMILES string of the molecule is COc1ccc(CNC(=O)CN(c2ccc(C(F)(F)F)cc2)S(C)(=O)=O)cc1. The first-order valence-corrected chi connectivity index (χ1v) is 9.90. The molecule has 0 aliphatic rings. The lowest BCUT2D eigenvalue weighted by molar-refractivity contribution is -0.137. The van der Waals surface area contributed by atoms with E-state index in [1.165, 1.54) is 7.11 Å². The fraction of sp³-hybridized carbons (Fsp3) is 0.278. The first-order valence-electron chi connectivity index (χ1n) is 8.05. The van der Waals surface area contributed by atoms with Crippen LogP contribution in [0.1, 0.15) is 11.1 Å². The van der Waals surface area contributed by atoms with Crippen LogP contribution in [0.3, 0.4) is 0 Å². The van der Waals surface area contributed by atoms with Crippen molar-refractivity contribution in [1.82, 2.24) is 5.32 Å². The van der Waals surface area contributed by atoms with Crippen LogP contribution in [0.4, 0.5) is 18.9 Å². The lowest BCUT2D eigenvalue weighted by Crippen LogP contribution is -2.40. The van der Waals surface area contributed by atoms with E-state index in [1.807, 2.05) is 0 Å². The summed E-state index contributed by atoms with van der Waals surface area (Å²) in [6, 6.07) is 10.5. The molecule has 0 saturated carbocycles. The molecule has 0 fully saturated rings. The van der Waals surface area contributed by atoms with E-state index in [-0.39, 0.29) is 12.2 Å². The Morgan fingerprint density at radius 1 is 1.07 bits per heavy atom. The highest BCUT2D eigenvalue weighted by Gasteiger charge is 2.30. The molecule has 1 amide bonds. The van der Waals surface area contributed by atoms with Crippen LogP contribution in [-0.4, -0.2) is 34.2 Å². The molecule has 0 heterocycles. The van der Waals surface area contributed by atoms with Gasteiger partial charge in [0, 0.05) is 6.54 Å². The van der Waals surface area contributed by atoms with Gasteiger partial charge in [0.2, 0.25) is 15.9 Å². The number of methoxy groups -OCH3 is 1. The molecule has 0 radical (unpaired) electrons. The van der Waals surface area contributed by atoms with Gasteiger partial charge in [-0.2, -0.15) is 13.2 Å². The number of halogens is 3. The van der Waals surface area contributed by atoms with Crippen molar-refractivity contribution in [2.45, 2.75) is 12.7 Å². The van der Waals surface area contributed by atoms with Crippen molar-refractivity contribution in [2.75, 3.05) is 24.2 Å². The van der Waals surface area contributed by atoms with Gasteiger partial charge >= 0.3 is 6.18 Å². The van der Waals surface area contributed by atoms with E-state index >= 15 is 0 Å². The van der Waals surface area contributed by atoms with Crippen molar-refractivity contribution in [1.29, 1.82) is 0 Å². The first kappa shape index (κ1) is 21.5. The molecule has 10 heteroatoms. The quantitative estimate of drug-likeness (QED) is 0.753. The van der Waals surface area contributed by atoms with Gasteiger partial charge in [-0.25, -0.2) is 8.42 Å². The Kier molecular flexibility index (Phi) is 6.55. The number of nitrogens with one attached hydrogen (secondary N) is 1. The smallest absolute Gasteiger partial charge is 0.416 e. The van der Waals surface area contributed by atoms with E-state index in [9.17, 15) is 26.4 Å². The molecule has 1 N–H and O–H groups in total. The average Bonchev–Trinajstić information content (AvgIpc) is 2.63. The number of alkyl halides is 3. The summed E-state index contributed by atoms with van der Waals surface area (Å²) in [7, 11) is -2.35. The highest BCUT2D eigenvalue weighted by Crippen LogP contribution is 2.30. The van der Waals surface area contributed by atoms with Gasteiger partial charge in [0.25, 0.3) is 0 Å². The Bertz CT molecular complexity index is 911. The van der Waals surface area contributed by atoms with Crippen molar-refractivity contribution in [2.24, 2.45) is 0 Å². The summed E-state index contributed by atoms with van der Waals surface area (Å²) in [5, 5.41) is 2.58.